The molecule has 2 unspecified atom stereocenters. The Bertz CT molecular complexity index is 597. The molecule has 24 heavy (non-hydrogen) atoms. The fraction of sp³-hybridized carbons (Fsp3) is 0.684. The summed E-state index contributed by atoms with van der Waals surface area (Å²) in [4.78, 5) is 23.6. The van der Waals surface area contributed by atoms with Crippen molar-refractivity contribution in [3.8, 4) is 0 Å². The fourth-order valence-corrected chi connectivity index (χ4v) is 3.64. The Morgan fingerprint density at radius 3 is 2.58 bits per heavy atom. The normalized spacial score (nSPS) is 22.0. The first-order valence-electron chi connectivity index (χ1n) is 8.78. The maximum Gasteiger partial charge on any atom is 0.311 e. The van der Waals surface area contributed by atoms with Gasteiger partial charge in [-0.3, -0.25) is 9.59 Å². The molecule has 1 saturated carbocycles. The molecule has 0 saturated heterocycles. The van der Waals surface area contributed by atoms with Crippen LogP contribution in [0.25, 0.3) is 0 Å². The fourth-order valence-electron chi connectivity index (χ4n) is 3.64. The van der Waals surface area contributed by atoms with E-state index in [1.165, 1.54) is 12.7 Å². The van der Waals surface area contributed by atoms with Gasteiger partial charge in [-0.15, -0.1) is 0 Å². The molecule has 1 heterocycles. The SMILES string of the molecule is Cc1coc(CC(=O)O)c1C(=O)NC1CCCC(C(C)(C)C)CC1. The van der Waals surface area contributed by atoms with Crippen LogP contribution < -0.4 is 5.32 Å². The second kappa shape index (κ2) is 7.41. The Morgan fingerprint density at radius 1 is 1.25 bits per heavy atom. The summed E-state index contributed by atoms with van der Waals surface area (Å²) in [5.41, 5.74) is 1.37. The van der Waals surface area contributed by atoms with Crippen LogP contribution in [0.4, 0.5) is 0 Å². The van der Waals surface area contributed by atoms with E-state index >= 15 is 0 Å². The number of hydrogen-bond acceptors (Lipinski definition) is 3. The van der Waals surface area contributed by atoms with Crippen molar-refractivity contribution in [2.24, 2.45) is 11.3 Å². The highest BCUT2D eigenvalue weighted by Crippen LogP contribution is 2.36. The van der Waals surface area contributed by atoms with Gasteiger partial charge in [0.1, 0.15) is 12.2 Å². The molecular formula is C19H29NO4. The lowest BCUT2D eigenvalue weighted by atomic mass is 9.76. The Labute approximate surface area is 143 Å². The molecule has 2 N–H and O–H groups in total. The first-order valence-corrected chi connectivity index (χ1v) is 8.78. The van der Waals surface area contributed by atoms with Gasteiger partial charge >= 0.3 is 5.97 Å². The van der Waals surface area contributed by atoms with E-state index in [-0.39, 0.29) is 24.1 Å². The summed E-state index contributed by atoms with van der Waals surface area (Å²) < 4.78 is 5.26. The van der Waals surface area contributed by atoms with E-state index in [0.29, 0.717) is 22.5 Å². The molecule has 0 aromatic carbocycles. The van der Waals surface area contributed by atoms with Gasteiger partial charge in [0.05, 0.1) is 11.8 Å². The van der Waals surface area contributed by atoms with Crippen LogP contribution in [0.1, 0.15) is 74.6 Å². The summed E-state index contributed by atoms with van der Waals surface area (Å²) in [5.74, 6) is -0.297. The number of carbonyl (C=O) groups is 2. The number of aryl methyl sites for hydroxylation is 1. The first-order chi connectivity index (χ1) is 11.2. The van der Waals surface area contributed by atoms with E-state index < -0.39 is 5.97 Å². The number of nitrogens with one attached hydrogen (secondary N) is 1. The lowest BCUT2D eigenvalue weighted by Crippen LogP contribution is -2.35. The van der Waals surface area contributed by atoms with E-state index in [9.17, 15) is 9.59 Å². The van der Waals surface area contributed by atoms with Gasteiger partial charge in [0, 0.05) is 11.6 Å². The van der Waals surface area contributed by atoms with E-state index in [4.69, 9.17) is 9.52 Å². The second-order valence-corrected chi connectivity index (χ2v) is 8.03. The lowest BCUT2D eigenvalue weighted by Gasteiger charge is -2.29. The van der Waals surface area contributed by atoms with E-state index in [1.54, 1.807) is 6.92 Å². The van der Waals surface area contributed by atoms with Crippen molar-refractivity contribution < 1.29 is 19.1 Å². The summed E-state index contributed by atoms with van der Waals surface area (Å²) in [5, 5.41) is 12.1. The van der Waals surface area contributed by atoms with Crippen LogP contribution in [0, 0.1) is 18.3 Å². The van der Waals surface area contributed by atoms with Crippen molar-refractivity contribution >= 4 is 11.9 Å². The van der Waals surface area contributed by atoms with Crippen LogP contribution in [-0.4, -0.2) is 23.0 Å². The molecule has 0 spiro atoms. The minimum absolute atomic E-state index is 0.150. The zero-order valence-electron chi connectivity index (χ0n) is 15.1. The Kier molecular flexibility index (Phi) is 5.73. The van der Waals surface area contributed by atoms with Crippen molar-refractivity contribution in [1.29, 1.82) is 0 Å². The minimum atomic E-state index is -0.999. The van der Waals surface area contributed by atoms with E-state index in [0.717, 1.165) is 25.7 Å². The largest absolute Gasteiger partial charge is 0.481 e. The molecular weight excluding hydrogens is 306 g/mol. The van der Waals surface area contributed by atoms with Crippen LogP contribution >= 0.6 is 0 Å². The molecule has 0 bridgehead atoms. The van der Waals surface area contributed by atoms with Crippen molar-refractivity contribution in [3.63, 3.8) is 0 Å². The van der Waals surface area contributed by atoms with Gasteiger partial charge < -0.3 is 14.8 Å². The average Bonchev–Trinajstić information content (AvgIpc) is 2.67. The lowest BCUT2D eigenvalue weighted by molar-refractivity contribution is -0.136. The molecule has 0 radical (unpaired) electrons. The van der Waals surface area contributed by atoms with E-state index in [2.05, 4.69) is 26.1 Å². The third-order valence-corrected chi connectivity index (χ3v) is 5.12. The average molecular weight is 335 g/mol. The molecule has 1 aliphatic rings. The molecule has 134 valence electrons. The third-order valence-electron chi connectivity index (χ3n) is 5.12. The molecule has 2 atom stereocenters. The Balaban J connectivity index is 2.03. The highest BCUT2D eigenvalue weighted by molar-refractivity contribution is 5.97. The Morgan fingerprint density at radius 2 is 1.96 bits per heavy atom. The quantitative estimate of drug-likeness (QED) is 0.817. The number of rotatable bonds is 4. The molecule has 2 rings (SSSR count). The zero-order valence-corrected chi connectivity index (χ0v) is 15.1. The summed E-state index contributed by atoms with van der Waals surface area (Å²) in [6.07, 6.45) is 6.55. The molecule has 1 amide bonds. The number of carboxylic acids is 1. The van der Waals surface area contributed by atoms with Gasteiger partial charge in [-0.2, -0.15) is 0 Å². The predicted octanol–water partition coefficient (Wildman–Crippen LogP) is 3.94. The second-order valence-electron chi connectivity index (χ2n) is 8.03. The number of carbonyl (C=O) groups excluding carboxylic acids is 1. The summed E-state index contributed by atoms with van der Waals surface area (Å²) in [6, 6.07) is 0.150. The van der Waals surface area contributed by atoms with Gasteiger partial charge in [0.2, 0.25) is 0 Å². The van der Waals surface area contributed by atoms with Gasteiger partial charge in [-0.25, -0.2) is 0 Å². The zero-order chi connectivity index (χ0) is 17.9. The van der Waals surface area contributed by atoms with Crippen LogP contribution in [0.15, 0.2) is 10.7 Å². The summed E-state index contributed by atoms with van der Waals surface area (Å²) in [6.45, 7) is 8.61. The Hall–Kier alpha value is -1.78. The van der Waals surface area contributed by atoms with Gasteiger partial charge in [0.25, 0.3) is 5.91 Å². The topological polar surface area (TPSA) is 79.5 Å². The predicted molar refractivity (Wildman–Crippen MR) is 92.1 cm³/mol. The first kappa shape index (κ1) is 18.6. The maximum atomic E-state index is 12.6. The van der Waals surface area contributed by atoms with Gasteiger partial charge in [0.15, 0.2) is 0 Å². The molecule has 5 nitrogen and oxygen atoms in total. The summed E-state index contributed by atoms with van der Waals surface area (Å²) >= 11 is 0. The van der Waals surface area contributed by atoms with Crippen LogP contribution in [0.2, 0.25) is 0 Å². The number of furan rings is 1. The maximum absolute atomic E-state index is 12.6. The molecule has 5 heteroatoms. The number of hydrogen-bond donors (Lipinski definition) is 2. The van der Waals surface area contributed by atoms with Crippen LogP contribution in [0.5, 0.6) is 0 Å². The monoisotopic (exact) mass is 335 g/mol. The third kappa shape index (κ3) is 4.62. The molecule has 1 aromatic rings. The van der Waals surface area contributed by atoms with Crippen LogP contribution in [0.3, 0.4) is 0 Å². The van der Waals surface area contributed by atoms with Crippen molar-refractivity contribution in [2.75, 3.05) is 0 Å². The molecule has 1 fully saturated rings. The van der Waals surface area contributed by atoms with E-state index in [1.807, 2.05) is 0 Å². The highest BCUT2D eigenvalue weighted by atomic mass is 16.4. The molecule has 1 aromatic heterocycles. The standard InChI is InChI=1S/C19H29NO4/c1-12-11-24-15(10-16(21)22)17(12)18(23)20-14-7-5-6-13(8-9-14)19(2,3)4/h11,13-14H,5-10H2,1-4H3,(H,20,23)(H,21,22). The molecule has 1 aliphatic carbocycles. The molecule has 0 aliphatic heterocycles. The minimum Gasteiger partial charge on any atom is -0.481 e. The van der Waals surface area contributed by atoms with Crippen molar-refractivity contribution in [1.82, 2.24) is 5.32 Å². The number of carboxylic acid groups (broad SMARTS) is 1. The van der Waals surface area contributed by atoms with Gasteiger partial charge in [-0.05, 0) is 43.9 Å². The number of aliphatic carboxylic acids is 1. The smallest absolute Gasteiger partial charge is 0.311 e. The van der Waals surface area contributed by atoms with Gasteiger partial charge in [-0.1, -0.05) is 27.2 Å². The number of amides is 1. The van der Waals surface area contributed by atoms with Crippen LogP contribution in [-0.2, 0) is 11.2 Å². The van der Waals surface area contributed by atoms with Crippen molar-refractivity contribution in [2.45, 2.75) is 72.3 Å². The summed E-state index contributed by atoms with van der Waals surface area (Å²) in [7, 11) is 0. The highest BCUT2D eigenvalue weighted by Gasteiger charge is 2.29. The van der Waals surface area contributed by atoms with Crippen molar-refractivity contribution in [3.05, 3.63) is 23.2 Å².